The van der Waals surface area contributed by atoms with Gasteiger partial charge in [-0.3, -0.25) is 4.79 Å². The first-order valence-electron chi connectivity index (χ1n) is 5.71. The maximum Gasteiger partial charge on any atom is 0.269 e. The Morgan fingerprint density at radius 2 is 2.22 bits per heavy atom. The maximum atomic E-state index is 11.7. The summed E-state index contributed by atoms with van der Waals surface area (Å²) in [5.41, 5.74) is 0.560. The van der Waals surface area contributed by atoms with E-state index in [0.717, 1.165) is 5.82 Å². The number of likely N-dealkylation sites (N-methyl/N-ethyl adjacent to an activating group) is 1. The van der Waals surface area contributed by atoms with Crippen LogP contribution in [-0.2, 0) is 0 Å². The standard InChI is InChI=1S/C11H18N4O.2ClH/c1-7(12-2)5-14-11(16)9-6-13-10(15-9)8-3-4-8;;/h6-8,12H,3-5H2,1-2H3,(H,13,15)(H,14,16);2*1H. The fraction of sp³-hybridized carbons (Fsp3) is 0.636. The van der Waals surface area contributed by atoms with Crippen molar-refractivity contribution in [3.63, 3.8) is 0 Å². The number of imidazole rings is 1. The number of carbonyl (C=O) groups excluding carboxylic acids is 1. The minimum Gasteiger partial charge on any atom is -0.349 e. The summed E-state index contributed by atoms with van der Waals surface area (Å²) in [6.07, 6.45) is 3.99. The van der Waals surface area contributed by atoms with Crippen LogP contribution >= 0.6 is 24.8 Å². The molecule has 1 saturated carbocycles. The molecule has 2 rings (SSSR count). The number of halogens is 2. The Hall–Kier alpha value is -0.780. The Bertz CT molecular complexity index is 379. The minimum absolute atomic E-state index is 0. The van der Waals surface area contributed by atoms with E-state index in [9.17, 15) is 4.79 Å². The monoisotopic (exact) mass is 294 g/mol. The van der Waals surface area contributed by atoms with Gasteiger partial charge in [0.1, 0.15) is 11.5 Å². The van der Waals surface area contributed by atoms with E-state index in [1.54, 1.807) is 6.20 Å². The molecule has 1 heterocycles. The largest absolute Gasteiger partial charge is 0.349 e. The van der Waals surface area contributed by atoms with Crippen LogP contribution in [0.3, 0.4) is 0 Å². The third-order valence-corrected chi connectivity index (χ3v) is 2.87. The number of nitrogens with zero attached hydrogens (tertiary/aromatic N) is 1. The van der Waals surface area contributed by atoms with E-state index in [1.807, 2.05) is 14.0 Å². The summed E-state index contributed by atoms with van der Waals surface area (Å²) in [6, 6.07) is 0.273. The molecule has 0 saturated heterocycles. The van der Waals surface area contributed by atoms with Gasteiger partial charge in [0.2, 0.25) is 0 Å². The van der Waals surface area contributed by atoms with Gasteiger partial charge in [0.05, 0.1) is 6.20 Å². The minimum atomic E-state index is -0.0819. The average Bonchev–Trinajstić information content (AvgIpc) is 3.03. The first kappa shape index (κ1) is 17.2. The van der Waals surface area contributed by atoms with Crippen LogP contribution in [0.25, 0.3) is 0 Å². The van der Waals surface area contributed by atoms with Gasteiger partial charge in [-0.2, -0.15) is 0 Å². The molecule has 7 heteroatoms. The lowest BCUT2D eigenvalue weighted by atomic mass is 10.3. The number of aromatic amines is 1. The first-order chi connectivity index (χ1) is 7.70. The summed E-state index contributed by atoms with van der Waals surface area (Å²) in [6.45, 7) is 2.63. The molecule has 0 aromatic carbocycles. The summed E-state index contributed by atoms with van der Waals surface area (Å²) < 4.78 is 0. The highest BCUT2D eigenvalue weighted by Crippen LogP contribution is 2.37. The second-order valence-electron chi connectivity index (χ2n) is 4.36. The summed E-state index contributed by atoms with van der Waals surface area (Å²) >= 11 is 0. The van der Waals surface area contributed by atoms with Crippen LogP contribution in [0, 0.1) is 0 Å². The molecule has 1 aliphatic rings. The number of hydrogen-bond donors (Lipinski definition) is 3. The van der Waals surface area contributed by atoms with Crippen molar-refractivity contribution in [1.29, 1.82) is 0 Å². The molecule has 1 unspecified atom stereocenters. The number of H-pyrrole nitrogens is 1. The normalized spacial score (nSPS) is 15.2. The number of aromatic nitrogens is 2. The fourth-order valence-corrected chi connectivity index (χ4v) is 1.46. The van der Waals surface area contributed by atoms with E-state index in [4.69, 9.17) is 0 Å². The van der Waals surface area contributed by atoms with Crippen LogP contribution in [0.5, 0.6) is 0 Å². The Balaban J connectivity index is 0.00000144. The average molecular weight is 295 g/mol. The van der Waals surface area contributed by atoms with Gasteiger partial charge in [-0.1, -0.05) is 0 Å². The fourth-order valence-electron chi connectivity index (χ4n) is 1.46. The van der Waals surface area contributed by atoms with Gasteiger partial charge < -0.3 is 15.6 Å². The molecule has 1 amide bonds. The molecule has 104 valence electrons. The number of hydrogen-bond acceptors (Lipinski definition) is 3. The molecule has 18 heavy (non-hydrogen) atoms. The van der Waals surface area contributed by atoms with E-state index in [2.05, 4.69) is 20.6 Å². The number of carbonyl (C=O) groups is 1. The van der Waals surface area contributed by atoms with Crippen LogP contribution in [0.2, 0.25) is 0 Å². The van der Waals surface area contributed by atoms with E-state index in [-0.39, 0.29) is 36.8 Å². The molecule has 1 aromatic rings. The van der Waals surface area contributed by atoms with Gasteiger partial charge in [-0.15, -0.1) is 24.8 Å². The van der Waals surface area contributed by atoms with Crippen molar-refractivity contribution in [2.75, 3.05) is 13.6 Å². The molecule has 3 N–H and O–H groups in total. The van der Waals surface area contributed by atoms with Crippen LogP contribution in [0.1, 0.15) is 42.0 Å². The zero-order valence-corrected chi connectivity index (χ0v) is 12.2. The first-order valence-corrected chi connectivity index (χ1v) is 5.71. The molecule has 1 atom stereocenters. The van der Waals surface area contributed by atoms with Crippen molar-refractivity contribution < 1.29 is 4.79 Å². The summed E-state index contributed by atoms with van der Waals surface area (Å²) in [4.78, 5) is 19.0. The van der Waals surface area contributed by atoms with E-state index in [1.165, 1.54) is 12.8 Å². The topological polar surface area (TPSA) is 69.8 Å². The van der Waals surface area contributed by atoms with Crippen LogP contribution in [0.4, 0.5) is 0 Å². The van der Waals surface area contributed by atoms with Gasteiger partial charge >= 0.3 is 0 Å². The lowest BCUT2D eigenvalue weighted by Gasteiger charge is -2.10. The van der Waals surface area contributed by atoms with Crippen molar-refractivity contribution >= 4 is 30.7 Å². The number of amides is 1. The number of nitrogens with one attached hydrogen (secondary N) is 3. The molecular weight excluding hydrogens is 275 g/mol. The highest BCUT2D eigenvalue weighted by molar-refractivity contribution is 5.92. The second-order valence-corrected chi connectivity index (χ2v) is 4.36. The molecule has 0 bridgehead atoms. The van der Waals surface area contributed by atoms with Gasteiger partial charge in [0, 0.05) is 18.5 Å². The predicted octanol–water partition coefficient (Wildman–Crippen LogP) is 1.47. The highest BCUT2D eigenvalue weighted by Gasteiger charge is 2.27. The van der Waals surface area contributed by atoms with Crippen LogP contribution in [0.15, 0.2) is 6.20 Å². The SMILES string of the molecule is CNC(C)CNC(=O)c1cnc(C2CC2)[nH]1.Cl.Cl. The van der Waals surface area contributed by atoms with Gasteiger partial charge in [0.15, 0.2) is 0 Å². The Morgan fingerprint density at radius 3 is 2.78 bits per heavy atom. The molecule has 0 aliphatic heterocycles. The summed E-state index contributed by atoms with van der Waals surface area (Å²) in [5, 5.41) is 5.91. The predicted molar refractivity (Wildman–Crippen MR) is 75.9 cm³/mol. The quantitative estimate of drug-likeness (QED) is 0.770. The Labute approximate surface area is 119 Å². The molecule has 1 aliphatic carbocycles. The molecule has 0 radical (unpaired) electrons. The van der Waals surface area contributed by atoms with Crippen molar-refractivity contribution in [3.8, 4) is 0 Å². The van der Waals surface area contributed by atoms with Crippen molar-refractivity contribution in [1.82, 2.24) is 20.6 Å². The number of rotatable bonds is 5. The van der Waals surface area contributed by atoms with Crippen molar-refractivity contribution in [3.05, 3.63) is 17.7 Å². The van der Waals surface area contributed by atoms with Gasteiger partial charge in [-0.05, 0) is 26.8 Å². The summed E-state index contributed by atoms with van der Waals surface area (Å²) in [5.74, 6) is 1.42. The lowest BCUT2D eigenvalue weighted by Crippen LogP contribution is -2.37. The van der Waals surface area contributed by atoms with Crippen LogP contribution < -0.4 is 10.6 Å². The molecule has 1 fully saturated rings. The van der Waals surface area contributed by atoms with Crippen molar-refractivity contribution in [2.45, 2.75) is 31.7 Å². The third kappa shape index (κ3) is 4.48. The molecule has 0 spiro atoms. The maximum absolute atomic E-state index is 11.7. The van der Waals surface area contributed by atoms with Crippen LogP contribution in [-0.4, -0.2) is 35.5 Å². The van der Waals surface area contributed by atoms with E-state index < -0.39 is 0 Å². The molecule has 5 nitrogen and oxygen atoms in total. The van der Waals surface area contributed by atoms with E-state index in [0.29, 0.717) is 18.2 Å². The zero-order valence-electron chi connectivity index (χ0n) is 10.5. The highest BCUT2D eigenvalue weighted by atomic mass is 35.5. The Morgan fingerprint density at radius 1 is 1.56 bits per heavy atom. The smallest absolute Gasteiger partial charge is 0.269 e. The van der Waals surface area contributed by atoms with Crippen molar-refractivity contribution in [2.24, 2.45) is 0 Å². The second kappa shape index (κ2) is 7.61. The zero-order chi connectivity index (χ0) is 11.5. The van der Waals surface area contributed by atoms with Gasteiger partial charge in [-0.25, -0.2) is 4.98 Å². The van der Waals surface area contributed by atoms with E-state index >= 15 is 0 Å². The Kier molecular flexibility index (Phi) is 7.28. The van der Waals surface area contributed by atoms with Gasteiger partial charge in [0.25, 0.3) is 5.91 Å². The lowest BCUT2D eigenvalue weighted by molar-refractivity contribution is 0.0946. The molecule has 1 aromatic heterocycles. The summed E-state index contributed by atoms with van der Waals surface area (Å²) in [7, 11) is 1.87. The molecular formula is C11H20Cl2N4O. The third-order valence-electron chi connectivity index (χ3n) is 2.87.